The van der Waals surface area contributed by atoms with Crippen LogP contribution in [0.1, 0.15) is 20.3 Å². The average molecular weight is 273 g/mol. The van der Waals surface area contributed by atoms with E-state index in [1.807, 2.05) is 24.3 Å². The molecule has 0 saturated heterocycles. The molecule has 1 heterocycles. The van der Waals surface area contributed by atoms with Crippen molar-refractivity contribution < 1.29 is 4.74 Å². The van der Waals surface area contributed by atoms with Crippen LogP contribution >= 0.6 is 0 Å². The molecule has 0 aliphatic rings. The Bertz CT molecular complexity index is 581. The van der Waals surface area contributed by atoms with Gasteiger partial charge in [-0.1, -0.05) is 26.0 Å². The number of nitrogens with zero attached hydrogens (tertiary/aromatic N) is 1. The molecule has 0 bridgehead atoms. The Kier molecular flexibility index (Phi) is 4.45. The first kappa shape index (κ1) is 14.6. The standard InChI is InChI=1S/C16H23N3O/c1-16(2,8-10-20-3)11-19-14-7-9-18-15-12(14)5-4-6-13(15)17/h4-7,9H,8,10-11,17H2,1-3H3,(H,18,19). The molecule has 1 aromatic heterocycles. The van der Waals surface area contributed by atoms with Gasteiger partial charge in [0.15, 0.2) is 0 Å². The molecule has 108 valence electrons. The van der Waals surface area contributed by atoms with Crippen LogP contribution in [0, 0.1) is 5.41 Å². The van der Waals surface area contributed by atoms with Crippen LogP contribution in [0.5, 0.6) is 0 Å². The van der Waals surface area contributed by atoms with Crippen molar-refractivity contribution in [3.05, 3.63) is 30.5 Å². The van der Waals surface area contributed by atoms with Crippen molar-refractivity contribution in [1.82, 2.24) is 4.98 Å². The molecule has 0 unspecified atom stereocenters. The lowest BCUT2D eigenvalue weighted by Crippen LogP contribution is -2.24. The first-order valence-corrected chi connectivity index (χ1v) is 6.89. The molecule has 0 aliphatic carbocycles. The predicted molar refractivity (Wildman–Crippen MR) is 84.9 cm³/mol. The summed E-state index contributed by atoms with van der Waals surface area (Å²) >= 11 is 0. The molecule has 0 atom stereocenters. The number of pyridine rings is 1. The van der Waals surface area contributed by atoms with E-state index < -0.39 is 0 Å². The van der Waals surface area contributed by atoms with Gasteiger partial charge in [-0.15, -0.1) is 0 Å². The number of rotatable bonds is 6. The number of methoxy groups -OCH3 is 1. The SMILES string of the molecule is COCCC(C)(C)CNc1ccnc2c(N)cccc12. The summed E-state index contributed by atoms with van der Waals surface area (Å²) in [6, 6.07) is 7.87. The zero-order valence-electron chi connectivity index (χ0n) is 12.4. The predicted octanol–water partition coefficient (Wildman–Crippen LogP) is 3.29. The maximum atomic E-state index is 5.97. The van der Waals surface area contributed by atoms with E-state index in [4.69, 9.17) is 10.5 Å². The normalized spacial score (nSPS) is 11.8. The molecular formula is C16H23N3O. The number of para-hydroxylation sites is 1. The summed E-state index contributed by atoms with van der Waals surface area (Å²) in [5.41, 5.74) is 8.78. The zero-order valence-corrected chi connectivity index (χ0v) is 12.4. The van der Waals surface area contributed by atoms with Crippen molar-refractivity contribution in [2.24, 2.45) is 5.41 Å². The number of hydrogen-bond donors (Lipinski definition) is 2. The molecule has 1 aromatic carbocycles. The van der Waals surface area contributed by atoms with Gasteiger partial charge >= 0.3 is 0 Å². The van der Waals surface area contributed by atoms with Crippen LogP contribution in [0.2, 0.25) is 0 Å². The van der Waals surface area contributed by atoms with Gasteiger partial charge in [-0.25, -0.2) is 0 Å². The van der Waals surface area contributed by atoms with Gasteiger partial charge in [-0.3, -0.25) is 4.98 Å². The Labute approximate surface area is 120 Å². The van der Waals surface area contributed by atoms with E-state index in [0.717, 1.165) is 36.2 Å². The van der Waals surface area contributed by atoms with Crippen LogP contribution in [0.15, 0.2) is 30.5 Å². The molecule has 0 amide bonds. The Morgan fingerprint density at radius 3 is 2.85 bits per heavy atom. The number of aromatic nitrogens is 1. The van der Waals surface area contributed by atoms with Crippen molar-refractivity contribution in [3.8, 4) is 0 Å². The second-order valence-electron chi connectivity index (χ2n) is 5.86. The summed E-state index contributed by atoms with van der Waals surface area (Å²) in [5.74, 6) is 0. The second kappa shape index (κ2) is 6.09. The highest BCUT2D eigenvalue weighted by atomic mass is 16.5. The quantitative estimate of drug-likeness (QED) is 0.793. The fraction of sp³-hybridized carbons (Fsp3) is 0.438. The third kappa shape index (κ3) is 3.39. The Hall–Kier alpha value is -1.81. The number of anilines is 2. The Morgan fingerprint density at radius 1 is 1.30 bits per heavy atom. The van der Waals surface area contributed by atoms with Crippen molar-refractivity contribution in [2.75, 3.05) is 31.3 Å². The van der Waals surface area contributed by atoms with Crippen LogP contribution in [0.4, 0.5) is 11.4 Å². The van der Waals surface area contributed by atoms with Gasteiger partial charge in [0.2, 0.25) is 0 Å². The van der Waals surface area contributed by atoms with E-state index in [1.165, 1.54) is 0 Å². The second-order valence-corrected chi connectivity index (χ2v) is 5.86. The van der Waals surface area contributed by atoms with Gasteiger partial charge in [-0.05, 0) is 24.0 Å². The third-order valence-corrected chi connectivity index (χ3v) is 3.54. The highest BCUT2D eigenvalue weighted by molar-refractivity contribution is 5.97. The van der Waals surface area contributed by atoms with Crippen LogP contribution in [-0.2, 0) is 4.74 Å². The minimum Gasteiger partial charge on any atom is -0.397 e. The van der Waals surface area contributed by atoms with Gasteiger partial charge in [0, 0.05) is 37.5 Å². The van der Waals surface area contributed by atoms with Crippen LogP contribution < -0.4 is 11.1 Å². The summed E-state index contributed by atoms with van der Waals surface area (Å²) in [7, 11) is 1.74. The number of benzene rings is 1. The molecule has 4 heteroatoms. The lowest BCUT2D eigenvalue weighted by atomic mass is 9.89. The summed E-state index contributed by atoms with van der Waals surface area (Å²) in [6.45, 7) is 6.12. The van der Waals surface area contributed by atoms with Crippen LogP contribution in [-0.4, -0.2) is 25.2 Å². The summed E-state index contributed by atoms with van der Waals surface area (Å²) in [4.78, 5) is 4.35. The van der Waals surface area contributed by atoms with E-state index in [0.29, 0.717) is 5.69 Å². The highest BCUT2D eigenvalue weighted by Crippen LogP contribution is 2.27. The number of nitrogens with one attached hydrogen (secondary N) is 1. The maximum absolute atomic E-state index is 5.97. The fourth-order valence-electron chi connectivity index (χ4n) is 2.15. The number of ether oxygens (including phenoxy) is 1. The van der Waals surface area contributed by atoms with Crippen molar-refractivity contribution in [3.63, 3.8) is 0 Å². The molecule has 20 heavy (non-hydrogen) atoms. The fourth-order valence-corrected chi connectivity index (χ4v) is 2.15. The van der Waals surface area contributed by atoms with Crippen molar-refractivity contribution in [1.29, 1.82) is 0 Å². The number of fused-ring (bicyclic) bond motifs is 1. The van der Waals surface area contributed by atoms with Crippen LogP contribution in [0.3, 0.4) is 0 Å². The highest BCUT2D eigenvalue weighted by Gasteiger charge is 2.17. The van der Waals surface area contributed by atoms with E-state index >= 15 is 0 Å². The van der Waals surface area contributed by atoms with E-state index in [9.17, 15) is 0 Å². The molecule has 0 radical (unpaired) electrons. The Balaban J connectivity index is 2.16. The monoisotopic (exact) mass is 273 g/mol. The first-order chi connectivity index (χ1) is 9.53. The first-order valence-electron chi connectivity index (χ1n) is 6.89. The molecule has 0 fully saturated rings. The summed E-state index contributed by atoms with van der Waals surface area (Å²) in [6.07, 6.45) is 2.81. The third-order valence-electron chi connectivity index (χ3n) is 3.54. The number of hydrogen-bond acceptors (Lipinski definition) is 4. The van der Waals surface area contributed by atoms with Gasteiger partial charge in [0.1, 0.15) is 0 Å². The lowest BCUT2D eigenvalue weighted by molar-refractivity contribution is 0.157. The van der Waals surface area contributed by atoms with Gasteiger partial charge in [0.25, 0.3) is 0 Å². The maximum Gasteiger partial charge on any atom is 0.0951 e. The lowest BCUT2D eigenvalue weighted by Gasteiger charge is -2.25. The minimum atomic E-state index is 0.173. The van der Waals surface area contributed by atoms with Gasteiger partial charge in [-0.2, -0.15) is 0 Å². The van der Waals surface area contributed by atoms with E-state index in [1.54, 1.807) is 13.3 Å². The molecule has 0 saturated carbocycles. The summed E-state index contributed by atoms with van der Waals surface area (Å²) < 4.78 is 5.16. The largest absolute Gasteiger partial charge is 0.397 e. The minimum absolute atomic E-state index is 0.173. The Morgan fingerprint density at radius 2 is 2.10 bits per heavy atom. The molecule has 3 N–H and O–H groups in total. The average Bonchev–Trinajstić information content (AvgIpc) is 2.44. The smallest absolute Gasteiger partial charge is 0.0951 e. The van der Waals surface area contributed by atoms with E-state index in [-0.39, 0.29) is 5.41 Å². The molecule has 0 spiro atoms. The van der Waals surface area contributed by atoms with E-state index in [2.05, 4.69) is 24.1 Å². The number of nitrogens with two attached hydrogens (primary N) is 1. The molecule has 4 nitrogen and oxygen atoms in total. The molecular weight excluding hydrogens is 250 g/mol. The van der Waals surface area contributed by atoms with Gasteiger partial charge in [0.05, 0.1) is 11.2 Å². The topological polar surface area (TPSA) is 60.2 Å². The zero-order chi connectivity index (χ0) is 14.6. The van der Waals surface area contributed by atoms with Crippen molar-refractivity contribution in [2.45, 2.75) is 20.3 Å². The molecule has 2 aromatic rings. The molecule has 0 aliphatic heterocycles. The van der Waals surface area contributed by atoms with Gasteiger partial charge < -0.3 is 15.8 Å². The number of nitrogen functional groups attached to an aromatic ring is 1. The summed E-state index contributed by atoms with van der Waals surface area (Å²) in [5, 5.41) is 4.58. The van der Waals surface area contributed by atoms with Crippen molar-refractivity contribution >= 4 is 22.3 Å². The molecule has 2 rings (SSSR count). The van der Waals surface area contributed by atoms with Crippen LogP contribution in [0.25, 0.3) is 10.9 Å².